The van der Waals surface area contributed by atoms with Crippen molar-refractivity contribution in [1.29, 1.82) is 0 Å². The quantitative estimate of drug-likeness (QED) is 0.263. The van der Waals surface area contributed by atoms with Gasteiger partial charge in [-0.25, -0.2) is 4.99 Å². The molecule has 1 aromatic heterocycles. The maximum atomic E-state index is 11.3. The van der Waals surface area contributed by atoms with Crippen LogP contribution < -0.4 is 4.90 Å². The summed E-state index contributed by atoms with van der Waals surface area (Å²) in [5, 5.41) is 22.6. The molecule has 0 atom stereocenters. The van der Waals surface area contributed by atoms with Gasteiger partial charge in [0.2, 0.25) is 0 Å². The molecule has 1 aliphatic heterocycles. The predicted molar refractivity (Wildman–Crippen MR) is 128 cm³/mol. The molecule has 0 amide bonds. The molecule has 0 saturated carbocycles. The van der Waals surface area contributed by atoms with Crippen molar-refractivity contribution in [1.82, 2.24) is 4.98 Å². The maximum Gasteiger partial charge on any atom is 0.270 e. The smallest absolute Gasteiger partial charge is 0.270 e. The molecule has 8 nitrogen and oxygen atoms in total. The number of aromatic nitrogens is 1. The van der Waals surface area contributed by atoms with Gasteiger partial charge in [0.1, 0.15) is 0 Å². The van der Waals surface area contributed by atoms with Gasteiger partial charge >= 0.3 is 0 Å². The van der Waals surface area contributed by atoms with Crippen molar-refractivity contribution in [2.75, 3.05) is 31.2 Å². The molecule has 5 rings (SSSR count). The number of hydrogen-bond donors (Lipinski definition) is 2. The van der Waals surface area contributed by atoms with E-state index in [0.717, 1.165) is 24.3 Å². The number of morpholine rings is 1. The van der Waals surface area contributed by atoms with Gasteiger partial charge in [-0.15, -0.1) is 0 Å². The first-order chi connectivity index (χ1) is 16.1. The molecule has 166 valence electrons. The van der Waals surface area contributed by atoms with Gasteiger partial charge in [0, 0.05) is 47.4 Å². The Morgan fingerprint density at radius 3 is 2.45 bits per heavy atom. The zero-order chi connectivity index (χ0) is 22.8. The fraction of sp³-hybridized carbons (Fsp3) is 0.160. The minimum absolute atomic E-state index is 0.0509. The van der Waals surface area contributed by atoms with Gasteiger partial charge in [0.15, 0.2) is 5.88 Å². The van der Waals surface area contributed by atoms with Crippen LogP contribution in [0.4, 0.5) is 17.1 Å². The Labute approximate surface area is 189 Å². The third kappa shape index (κ3) is 4.16. The summed E-state index contributed by atoms with van der Waals surface area (Å²) in [5.41, 5.74) is 4.10. The SMILES string of the molecule is O=[N+]([O-])c1ccc2[nH]c(O)c(C(=Nc3ccc(N4CCOCC4)cc3)c3ccccc3)c2c1. The Morgan fingerprint density at radius 2 is 1.76 bits per heavy atom. The summed E-state index contributed by atoms with van der Waals surface area (Å²) >= 11 is 0. The van der Waals surface area contributed by atoms with Crippen molar-refractivity contribution >= 4 is 33.7 Å². The zero-order valence-corrected chi connectivity index (χ0v) is 17.8. The average Bonchev–Trinajstić information content (AvgIpc) is 3.18. The van der Waals surface area contributed by atoms with Crippen LogP contribution in [0.5, 0.6) is 5.88 Å². The minimum Gasteiger partial charge on any atom is -0.494 e. The topological polar surface area (TPSA) is 104 Å². The summed E-state index contributed by atoms with van der Waals surface area (Å²) in [5.74, 6) is -0.0852. The van der Waals surface area contributed by atoms with Crippen LogP contribution in [0.15, 0.2) is 77.8 Å². The number of aliphatic imine (C=N–C) groups is 1. The van der Waals surface area contributed by atoms with E-state index >= 15 is 0 Å². The van der Waals surface area contributed by atoms with Crippen LogP contribution in [0, 0.1) is 10.1 Å². The standard InChI is InChI=1S/C25H22N4O4/c30-25-23(21-16-20(29(31)32)10-11-22(21)27-25)24(17-4-2-1-3-5-17)26-18-6-8-19(9-7-18)28-12-14-33-15-13-28/h1-11,16,27,30H,12-15H2. The first kappa shape index (κ1) is 20.7. The van der Waals surface area contributed by atoms with Crippen molar-refractivity contribution in [3.8, 4) is 5.88 Å². The van der Waals surface area contributed by atoms with E-state index < -0.39 is 4.92 Å². The summed E-state index contributed by atoms with van der Waals surface area (Å²) in [6, 6.07) is 21.8. The van der Waals surface area contributed by atoms with Crippen LogP contribution >= 0.6 is 0 Å². The molecule has 0 unspecified atom stereocenters. The van der Waals surface area contributed by atoms with Crippen LogP contribution in [0.2, 0.25) is 0 Å². The van der Waals surface area contributed by atoms with Gasteiger partial charge in [-0.1, -0.05) is 30.3 Å². The summed E-state index contributed by atoms with van der Waals surface area (Å²) < 4.78 is 5.43. The molecule has 0 bridgehead atoms. The van der Waals surface area contributed by atoms with Crippen molar-refractivity contribution < 1.29 is 14.8 Å². The van der Waals surface area contributed by atoms with E-state index in [1.165, 1.54) is 12.1 Å². The van der Waals surface area contributed by atoms with Gasteiger partial charge in [0.05, 0.1) is 35.1 Å². The Balaban J connectivity index is 1.62. The molecule has 2 N–H and O–H groups in total. The molecular formula is C25H22N4O4. The first-order valence-electron chi connectivity index (χ1n) is 10.7. The molecule has 0 aliphatic carbocycles. The lowest BCUT2D eigenvalue weighted by atomic mass is 10.0. The number of anilines is 1. The van der Waals surface area contributed by atoms with Gasteiger partial charge < -0.3 is 19.7 Å². The van der Waals surface area contributed by atoms with Crippen LogP contribution in [0.25, 0.3) is 10.9 Å². The fourth-order valence-corrected chi connectivity index (χ4v) is 4.07. The second-order valence-electron chi connectivity index (χ2n) is 7.78. The van der Waals surface area contributed by atoms with Crippen LogP contribution in [-0.4, -0.2) is 47.0 Å². The maximum absolute atomic E-state index is 11.3. The van der Waals surface area contributed by atoms with E-state index in [2.05, 4.69) is 9.88 Å². The molecule has 8 heteroatoms. The largest absolute Gasteiger partial charge is 0.494 e. The number of ether oxygens (including phenoxy) is 1. The van der Waals surface area contributed by atoms with Crippen molar-refractivity contribution in [2.45, 2.75) is 0 Å². The monoisotopic (exact) mass is 442 g/mol. The molecular weight excluding hydrogens is 420 g/mol. The van der Waals surface area contributed by atoms with Crippen LogP contribution in [0.1, 0.15) is 11.1 Å². The highest BCUT2D eigenvalue weighted by atomic mass is 16.6. The van der Waals surface area contributed by atoms with E-state index in [1.807, 2.05) is 54.6 Å². The Hall–Kier alpha value is -4.17. The third-order valence-electron chi connectivity index (χ3n) is 5.72. The predicted octanol–water partition coefficient (Wildman–Crippen LogP) is 4.79. The van der Waals surface area contributed by atoms with Crippen molar-refractivity contribution in [2.24, 2.45) is 4.99 Å². The van der Waals surface area contributed by atoms with Gasteiger partial charge in [-0.05, 0) is 30.3 Å². The number of nitro benzene ring substituents is 1. The highest BCUT2D eigenvalue weighted by Gasteiger charge is 2.21. The number of H-pyrrole nitrogens is 1. The lowest BCUT2D eigenvalue weighted by Gasteiger charge is -2.28. The first-order valence-corrected chi connectivity index (χ1v) is 10.7. The number of nitrogens with one attached hydrogen (secondary N) is 1. The third-order valence-corrected chi connectivity index (χ3v) is 5.72. The summed E-state index contributed by atoms with van der Waals surface area (Å²) in [7, 11) is 0. The number of nitrogens with zero attached hydrogens (tertiary/aromatic N) is 3. The molecule has 1 fully saturated rings. The normalized spacial score (nSPS) is 14.5. The van der Waals surface area contributed by atoms with Crippen molar-refractivity contribution in [3.63, 3.8) is 0 Å². The van der Waals surface area contributed by atoms with Gasteiger partial charge in [-0.3, -0.25) is 10.1 Å². The number of rotatable bonds is 5. The zero-order valence-electron chi connectivity index (χ0n) is 17.8. The molecule has 3 aromatic carbocycles. The molecule has 33 heavy (non-hydrogen) atoms. The number of benzene rings is 3. The summed E-state index contributed by atoms with van der Waals surface area (Å²) in [6.45, 7) is 3.12. The Kier molecular flexibility index (Phi) is 5.50. The second-order valence-corrected chi connectivity index (χ2v) is 7.78. The Morgan fingerprint density at radius 1 is 1.03 bits per heavy atom. The fourth-order valence-electron chi connectivity index (χ4n) is 4.07. The molecule has 0 spiro atoms. The minimum atomic E-state index is -0.447. The molecule has 0 radical (unpaired) electrons. The van der Waals surface area contributed by atoms with E-state index in [9.17, 15) is 15.2 Å². The lowest BCUT2D eigenvalue weighted by Crippen LogP contribution is -2.36. The number of nitro groups is 1. The number of hydrogen-bond acceptors (Lipinski definition) is 6. The van der Waals surface area contributed by atoms with E-state index in [-0.39, 0.29) is 11.6 Å². The van der Waals surface area contributed by atoms with Gasteiger partial charge in [0.25, 0.3) is 5.69 Å². The average molecular weight is 442 g/mol. The van der Waals surface area contributed by atoms with Crippen LogP contribution in [0.3, 0.4) is 0 Å². The van der Waals surface area contributed by atoms with E-state index in [0.29, 0.717) is 41.1 Å². The Bertz CT molecular complexity index is 1320. The lowest BCUT2D eigenvalue weighted by molar-refractivity contribution is -0.384. The summed E-state index contributed by atoms with van der Waals surface area (Å²) in [4.78, 5) is 20.9. The van der Waals surface area contributed by atoms with E-state index in [1.54, 1.807) is 6.07 Å². The number of aromatic hydroxyl groups is 1. The highest BCUT2D eigenvalue weighted by Crippen LogP contribution is 2.34. The van der Waals surface area contributed by atoms with Gasteiger partial charge in [-0.2, -0.15) is 0 Å². The van der Waals surface area contributed by atoms with Crippen LogP contribution in [-0.2, 0) is 4.74 Å². The molecule has 1 saturated heterocycles. The molecule has 4 aromatic rings. The number of aromatic amines is 1. The number of non-ortho nitro benzene ring substituents is 1. The summed E-state index contributed by atoms with van der Waals surface area (Å²) in [6.07, 6.45) is 0. The van der Waals surface area contributed by atoms with E-state index in [4.69, 9.17) is 9.73 Å². The molecule has 2 heterocycles. The van der Waals surface area contributed by atoms with Crippen molar-refractivity contribution in [3.05, 3.63) is 94.0 Å². The molecule has 1 aliphatic rings. The number of fused-ring (bicyclic) bond motifs is 1. The highest BCUT2D eigenvalue weighted by molar-refractivity contribution is 6.22. The second kappa shape index (κ2) is 8.76.